The van der Waals surface area contributed by atoms with Crippen LogP contribution < -0.4 is 15.1 Å². The van der Waals surface area contributed by atoms with Gasteiger partial charge in [-0.05, 0) is 28.1 Å². The molecule has 0 aliphatic carbocycles. The van der Waals surface area contributed by atoms with Crippen molar-refractivity contribution in [2.75, 3.05) is 50.1 Å². The summed E-state index contributed by atoms with van der Waals surface area (Å²) in [6.45, 7) is 4.06. The zero-order valence-electron chi connectivity index (χ0n) is 11.9. The third kappa shape index (κ3) is 2.47. The second-order valence-electron chi connectivity index (χ2n) is 5.29. The summed E-state index contributed by atoms with van der Waals surface area (Å²) in [5.74, 6) is 1.09. The molecule has 0 atom stereocenters. The van der Waals surface area contributed by atoms with Crippen LogP contribution in [0.1, 0.15) is 0 Å². The standard InChI is InChI=1S/C15H19BrN4/c1-19(2)11-3-4-12-13(9-11)15(18-10-14(12)16)20-7-5-17-6-8-20/h3-4,9-10,17H,5-8H2,1-2H3. The number of rotatable bonds is 2. The van der Waals surface area contributed by atoms with Crippen molar-refractivity contribution < 1.29 is 0 Å². The number of fused-ring (bicyclic) bond motifs is 1. The molecule has 1 saturated heterocycles. The first kappa shape index (κ1) is 13.6. The Morgan fingerprint density at radius 1 is 1.20 bits per heavy atom. The lowest BCUT2D eigenvalue weighted by Crippen LogP contribution is -2.44. The Labute approximate surface area is 127 Å². The third-order valence-electron chi connectivity index (χ3n) is 3.73. The molecular formula is C15H19BrN4. The first-order valence-corrected chi connectivity index (χ1v) is 7.67. The highest BCUT2D eigenvalue weighted by molar-refractivity contribution is 9.10. The van der Waals surface area contributed by atoms with Gasteiger partial charge >= 0.3 is 0 Å². The van der Waals surface area contributed by atoms with Gasteiger partial charge in [0.1, 0.15) is 5.82 Å². The smallest absolute Gasteiger partial charge is 0.136 e. The van der Waals surface area contributed by atoms with E-state index in [1.165, 1.54) is 16.5 Å². The number of piperazine rings is 1. The van der Waals surface area contributed by atoms with Crippen LogP contribution >= 0.6 is 15.9 Å². The minimum absolute atomic E-state index is 1.01. The van der Waals surface area contributed by atoms with Gasteiger partial charge < -0.3 is 15.1 Å². The highest BCUT2D eigenvalue weighted by Crippen LogP contribution is 2.33. The van der Waals surface area contributed by atoms with Gasteiger partial charge in [-0.25, -0.2) is 4.98 Å². The number of hydrogen-bond donors (Lipinski definition) is 1. The van der Waals surface area contributed by atoms with Crippen molar-refractivity contribution in [3.8, 4) is 0 Å². The summed E-state index contributed by atoms with van der Waals surface area (Å²) < 4.78 is 1.05. The number of aromatic nitrogens is 1. The molecule has 4 nitrogen and oxygen atoms in total. The maximum atomic E-state index is 4.66. The number of anilines is 2. The van der Waals surface area contributed by atoms with E-state index in [-0.39, 0.29) is 0 Å². The highest BCUT2D eigenvalue weighted by Gasteiger charge is 2.16. The predicted octanol–water partition coefficient (Wildman–Crippen LogP) is 2.47. The summed E-state index contributed by atoms with van der Waals surface area (Å²) in [6, 6.07) is 6.54. The number of benzene rings is 1. The monoisotopic (exact) mass is 334 g/mol. The lowest BCUT2D eigenvalue weighted by Gasteiger charge is -2.29. The van der Waals surface area contributed by atoms with Crippen LogP contribution in [-0.2, 0) is 0 Å². The Hall–Kier alpha value is -1.33. The van der Waals surface area contributed by atoms with Crippen molar-refractivity contribution >= 4 is 38.2 Å². The molecule has 0 radical (unpaired) electrons. The summed E-state index contributed by atoms with van der Waals surface area (Å²) in [4.78, 5) is 9.16. The Balaban J connectivity index is 2.15. The van der Waals surface area contributed by atoms with E-state index in [2.05, 4.69) is 68.3 Å². The van der Waals surface area contributed by atoms with E-state index >= 15 is 0 Å². The fourth-order valence-corrected chi connectivity index (χ4v) is 3.04. The fourth-order valence-electron chi connectivity index (χ4n) is 2.59. The van der Waals surface area contributed by atoms with Crippen molar-refractivity contribution in [2.45, 2.75) is 0 Å². The van der Waals surface area contributed by atoms with Gasteiger partial charge in [-0.1, -0.05) is 6.07 Å². The molecule has 0 bridgehead atoms. The highest BCUT2D eigenvalue weighted by atomic mass is 79.9. The quantitative estimate of drug-likeness (QED) is 0.914. The molecule has 2 heterocycles. The van der Waals surface area contributed by atoms with E-state index in [4.69, 9.17) is 0 Å². The molecule has 0 saturated carbocycles. The number of halogens is 1. The summed E-state index contributed by atoms with van der Waals surface area (Å²) in [6.07, 6.45) is 1.91. The summed E-state index contributed by atoms with van der Waals surface area (Å²) in [5, 5.41) is 5.82. The Bertz CT molecular complexity index is 621. The summed E-state index contributed by atoms with van der Waals surface area (Å²) >= 11 is 3.61. The molecule has 106 valence electrons. The average Bonchev–Trinajstić information content (AvgIpc) is 2.48. The molecular weight excluding hydrogens is 316 g/mol. The Kier molecular flexibility index (Phi) is 3.81. The van der Waals surface area contributed by atoms with E-state index in [0.717, 1.165) is 36.5 Å². The lowest BCUT2D eigenvalue weighted by molar-refractivity contribution is 0.586. The molecule has 5 heteroatoms. The normalized spacial score (nSPS) is 15.7. The Morgan fingerprint density at radius 3 is 2.65 bits per heavy atom. The molecule has 1 aromatic carbocycles. The Morgan fingerprint density at radius 2 is 1.95 bits per heavy atom. The molecule has 3 rings (SSSR count). The zero-order valence-corrected chi connectivity index (χ0v) is 13.4. The minimum atomic E-state index is 1.01. The summed E-state index contributed by atoms with van der Waals surface area (Å²) in [5.41, 5.74) is 1.20. The first-order chi connectivity index (χ1) is 9.66. The van der Waals surface area contributed by atoms with Gasteiger partial charge in [-0.3, -0.25) is 0 Å². The van der Waals surface area contributed by atoms with Gasteiger partial charge in [-0.2, -0.15) is 0 Å². The predicted molar refractivity (Wildman–Crippen MR) is 88.9 cm³/mol. The molecule has 1 N–H and O–H groups in total. The van der Waals surface area contributed by atoms with Crippen LogP contribution in [0.3, 0.4) is 0 Å². The molecule has 2 aromatic rings. The minimum Gasteiger partial charge on any atom is -0.378 e. The zero-order chi connectivity index (χ0) is 14.1. The van der Waals surface area contributed by atoms with Gasteiger partial charge in [0.05, 0.1) is 0 Å². The van der Waals surface area contributed by atoms with Crippen LogP contribution in [0.2, 0.25) is 0 Å². The average molecular weight is 335 g/mol. The van der Waals surface area contributed by atoms with Gasteiger partial charge in [0, 0.05) is 67.4 Å². The molecule has 1 fully saturated rings. The van der Waals surface area contributed by atoms with Crippen molar-refractivity contribution in [3.05, 3.63) is 28.9 Å². The van der Waals surface area contributed by atoms with Crippen LogP contribution in [0.4, 0.5) is 11.5 Å². The van der Waals surface area contributed by atoms with E-state index in [1.54, 1.807) is 0 Å². The van der Waals surface area contributed by atoms with E-state index in [1.807, 2.05) is 6.20 Å². The van der Waals surface area contributed by atoms with Gasteiger partial charge in [0.2, 0.25) is 0 Å². The van der Waals surface area contributed by atoms with Crippen LogP contribution in [0, 0.1) is 0 Å². The molecule has 20 heavy (non-hydrogen) atoms. The number of pyridine rings is 1. The van der Waals surface area contributed by atoms with Crippen LogP contribution in [-0.4, -0.2) is 45.3 Å². The van der Waals surface area contributed by atoms with Crippen molar-refractivity contribution in [1.29, 1.82) is 0 Å². The van der Waals surface area contributed by atoms with Crippen molar-refractivity contribution in [1.82, 2.24) is 10.3 Å². The number of hydrogen-bond acceptors (Lipinski definition) is 4. The molecule has 1 aromatic heterocycles. The van der Waals surface area contributed by atoms with Gasteiger partial charge in [0.25, 0.3) is 0 Å². The second kappa shape index (κ2) is 5.58. The lowest BCUT2D eigenvalue weighted by atomic mass is 10.1. The molecule has 1 aliphatic rings. The topological polar surface area (TPSA) is 31.4 Å². The van der Waals surface area contributed by atoms with Crippen molar-refractivity contribution in [3.63, 3.8) is 0 Å². The van der Waals surface area contributed by atoms with E-state index in [0.29, 0.717) is 0 Å². The summed E-state index contributed by atoms with van der Waals surface area (Å²) in [7, 11) is 4.13. The molecule has 0 spiro atoms. The van der Waals surface area contributed by atoms with Gasteiger partial charge in [-0.15, -0.1) is 0 Å². The van der Waals surface area contributed by atoms with Gasteiger partial charge in [0.15, 0.2) is 0 Å². The molecule has 1 aliphatic heterocycles. The van der Waals surface area contributed by atoms with Crippen LogP contribution in [0.5, 0.6) is 0 Å². The van der Waals surface area contributed by atoms with E-state index < -0.39 is 0 Å². The van der Waals surface area contributed by atoms with Crippen molar-refractivity contribution in [2.24, 2.45) is 0 Å². The fraction of sp³-hybridized carbons (Fsp3) is 0.400. The molecule has 0 amide bonds. The maximum Gasteiger partial charge on any atom is 0.136 e. The maximum absolute atomic E-state index is 4.66. The third-order valence-corrected chi connectivity index (χ3v) is 4.37. The van der Waals surface area contributed by atoms with E-state index in [9.17, 15) is 0 Å². The first-order valence-electron chi connectivity index (χ1n) is 6.88. The second-order valence-corrected chi connectivity index (χ2v) is 6.15. The largest absolute Gasteiger partial charge is 0.378 e. The van der Waals surface area contributed by atoms with Crippen LogP contribution in [0.25, 0.3) is 10.8 Å². The molecule has 0 unspecified atom stereocenters. The number of nitrogens with zero attached hydrogens (tertiary/aromatic N) is 3. The SMILES string of the molecule is CN(C)c1ccc2c(Br)cnc(N3CCNCC3)c2c1. The number of nitrogens with one attached hydrogen (secondary N) is 1. The van der Waals surface area contributed by atoms with Crippen LogP contribution in [0.15, 0.2) is 28.9 Å².